The Balaban J connectivity index is 1.66. The van der Waals surface area contributed by atoms with Crippen LogP contribution in [0.3, 0.4) is 0 Å². The number of aromatic nitrogens is 2. The van der Waals surface area contributed by atoms with Crippen molar-refractivity contribution >= 4 is 17.5 Å². The second kappa shape index (κ2) is 7.78. The van der Waals surface area contributed by atoms with Crippen molar-refractivity contribution in [3.63, 3.8) is 0 Å². The van der Waals surface area contributed by atoms with Crippen LogP contribution in [0.5, 0.6) is 0 Å². The van der Waals surface area contributed by atoms with Crippen molar-refractivity contribution in [2.75, 3.05) is 18.4 Å². The molecule has 1 fully saturated rings. The Morgan fingerprint density at radius 2 is 1.64 bits per heavy atom. The average molecular weight is 380 g/mol. The van der Waals surface area contributed by atoms with Crippen LogP contribution in [0.1, 0.15) is 70.0 Å². The zero-order chi connectivity index (χ0) is 19.7. The number of imidazole rings is 1. The maximum atomic E-state index is 13.1. The fourth-order valence-corrected chi connectivity index (χ4v) is 4.32. The van der Waals surface area contributed by atoms with Crippen molar-refractivity contribution in [2.45, 2.75) is 58.9 Å². The number of amides is 2. The van der Waals surface area contributed by atoms with E-state index in [9.17, 15) is 9.59 Å². The molecule has 0 aliphatic carbocycles. The van der Waals surface area contributed by atoms with Crippen LogP contribution in [0.4, 0.5) is 5.69 Å². The van der Waals surface area contributed by atoms with Crippen molar-refractivity contribution in [2.24, 2.45) is 0 Å². The lowest BCUT2D eigenvalue weighted by Gasteiger charge is -2.26. The fourth-order valence-electron chi connectivity index (χ4n) is 4.32. The van der Waals surface area contributed by atoms with Crippen LogP contribution < -0.4 is 5.32 Å². The first-order valence-electron chi connectivity index (χ1n) is 10.3. The third-order valence-electron chi connectivity index (χ3n) is 5.89. The summed E-state index contributed by atoms with van der Waals surface area (Å²) in [4.78, 5) is 32.7. The molecule has 4 rings (SSSR count). The molecule has 0 spiro atoms. The van der Waals surface area contributed by atoms with Gasteiger partial charge in [-0.25, -0.2) is 4.98 Å². The van der Waals surface area contributed by atoms with E-state index in [-0.39, 0.29) is 11.8 Å². The predicted molar refractivity (Wildman–Crippen MR) is 109 cm³/mol. The lowest BCUT2D eigenvalue weighted by Crippen LogP contribution is -2.36. The SMILES string of the molecule is Cc1cccc(C)c1NC(=O)c1nc(C(=O)N2CCCCC2)c2n1CCCC2. The van der Waals surface area contributed by atoms with Gasteiger partial charge in [-0.1, -0.05) is 18.2 Å². The Morgan fingerprint density at radius 3 is 2.36 bits per heavy atom. The number of anilines is 1. The highest BCUT2D eigenvalue weighted by Crippen LogP contribution is 2.25. The first-order valence-corrected chi connectivity index (χ1v) is 10.3. The second-order valence-corrected chi connectivity index (χ2v) is 7.91. The lowest BCUT2D eigenvalue weighted by atomic mass is 10.1. The number of nitrogens with one attached hydrogen (secondary N) is 1. The van der Waals surface area contributed by atoms with Gasteiger partial charge < -0.3 is 14.8 Å². The molecule has 0 radical (unpaired) electrons. The number of likely N-dealkylation sites (tertiary alicyclic amines) is 1. The zero-order valence-corrected chi connectivity index (χ0v) is 16.8. The summed E-state index contributed by atoms with van der Waals surface area (Å²) in [6.45, 7) is 6.28. The average Bonchev–Trinajstić information content (AvgIpc) is 3.11. The molecule has 6 heteroatoms. The van der Waals surface area contributed by atoms with Gasteiger partial charge in [0.05, 0.1) is 5.69 Å². The van der Waals surface area contributed by atoms with E-state index in [2.05, 4.69) is 10.3 Å². The molecular weight excluding hydrogens is 352 g/mol. The summed E-state index contributed by atoms with van der Waals surface area (Å²) in [5, 5.41) is 3.03. The summed E-state index contributed by atoms with van der Waals surface area (Å²) in [5.41, 5.74) is 4.26. The minimum Gasteiger partial charge on any atom is -0.337 e. The standard InChI is InChI=1S/C22H28N4O2/c1-15-9-8-10-16(2)18(15)24-21(27)20-23-19(17-11-4-7-14-26(17)20)22(28)25-12-5-3-6-13-25/h8-10H,3-7,11-14H2,1-2H3,(H,24,27). The van der Waals surface area contributed by atoms with E-state index in [0.717, 1.165) is 74.2 Å². The molecule has 3 heterocycles. The van der Waals surface area contributed by atoms with E-state index < -0.39 is 0 Å². The smallest absolute Gasteiger partial charge is 0.291 e. The molecule has 1 aromatic heterocycles. The number of para-hydroxylation sites is 1. The number of nitrogens with zero attached hydrogens (tertiary/aromatic N) is 3. The number of benzene rings is 1. The second-order valence-electron chi connectivity index (χ2n) is 7.91. The van der Waals surface area contributed by atoms with Crippen molar-refractivity contribution < 1.29 is 9.59 Å². The largest absolute Gasteiger partial charge is 0.337 e. The van der Waals surface area contributed by atoms with E-state index in [1.165, 1.54) is 6.42 Å². The monoisotopic (exact) mass is 380 g/mol. The lowest BCUT2D eigenvalue weighted by molar-refractivity contribution is 0.0717. The Hall–Kier alpha value is -2.63. The molecule has 6 nitrogen and oxygen atoms in total. The van der Waals surface area contributed by atoms with Crippen molar-refractivity contribution in [1.29, 1.82) is 0 Å². The summed E-state index contributed by atoms with van der Waals surface area (Å²) < 4.78 is 1.96. The number of piperidine rings is 1. The summed E-state index contributed by atoms with van der Waals surface area (Å²) in [6, 6.07) is 5.94. The van der Waals surface area contributed by atoms with Gasteiger partial charge in [0, 0.05) is 25.3 Å². The van der Waals surface area contributed by atoms with Crippen LogP contribution in [0.15, 0.2) is 18.2 Å². The first-order chi connectivity index (χ1) is 13.6. The summed E-state index contributed by atoms with van der Waals surface area (Å²) in [6.07, 6.45) is 6.10. The van der Waals surface area contributed by atoms with Crippen LogP contribution in [0.25, 0.3) is 0 Å². The molecule has 1 N–H and O–H groups in total. The van der Waals surface area contributed by atoms with Crippen LogP contribution in [-0.4, -0.2) is 39.4 Å². The van der Waals surface area contributed by atoms with Crippen molar-refractivity contribution in [3.8, 4) is 0 Å². The van der Waals surface area contributed by atoms with Gasteiger partial charge >= 0.3 is 0 Å². The molecule has 2 aliphatic rings. The van der Waals surface area contributed by atoms with Crippen molar-refractivity contribution in [1.82, 2.24) is 14.5 Å². The highest BCUT2D eigenvalue weighted by atomic mass is 16.2. The van der Waals surface area contributed by atoms with Gasteiger partial charge in [0.1, 0.15) is 5.69 Å². The molecule has 0 atom stereocenters. The number of fused-ring (bicyclic) bond motifs is 1. The zero-order valence-electron chi connectivity index (χ0n) is 16.8. The Labute approximate surface area is 165 Å². The van der Waals surface area contributed by atoms with E-state index in [0.29, 0.717) is 11.5 Å². The molecule has 2 aromatic rings. The van der Waals surface area contributed by atoms with Gasteiger partial charge in [-0.15, -0.1) is 0 Å². The highest BCUT2D eigenvalue weighted by Gasteiger charge is 2.30. The van der Waals surface area contributed by atoms with E-state index in [1.54, 1.807) is 0 Å². The molecule has 0 saturated carbocycles. The van der Waals surface area contributed by atoms with Gasteiger partial charge in [-0.2, -0.15) is 0 Å². The maximum absolute atomic E-state index is 13.1. The predicted octanol–water partition coefficient (Wildman–Crippen LogP) is 3.71. The molecule has 2 amide bonds. The van der Waals surface area contributed by atoms with E-state index >= 15 is 0 Å². The molecule has 28 heavy (non-hydrogen) atoms. The molecule has 1 saturated heterocycles. The van der Waals surface area contributed by atoms with Crippen LogP contribution in [0.2, 0.25) is 0 Å². The summed E-state index contributed by atoms with van der Waals surface area (Å²) >= 11 is 0. The topological polar surface area (TPSA) is 67.2 Å². The van der Waals surface area contributed by atoms with Gasteiger partial charge in [-0.3, -0.25) is 9.59 Å². The minimum absolute atomic E-state index is 0.0172. The third kappa shape index (κ3) is 3.43. The number of carbonyl (C=O) groups is 2. The molecule has 0 bridgehead atoms. The summed E-state index contributed by atoms with van der Waals surface area (Å²) in [7, 11) is 0. The van der Waals surface area contributed by atoms with E-state index in [4.69, 9.17) is 0 Å². The normalized spacial score (nSPS) is 16.6. The van der Waals surface area contributed by atoms with E-state index in [1.807, 2.05) is 41.5 Å². The van der Waals surface area contributed by atoms with Crippen LogP contribution >= 0.6 is 0 Å². The highest BCUT2D eigenvalue weighted by molar-refractivity contribution is 6.04. The summed E-state index contributed by atoms with van der Waals surface area (Å²) in [5.74, 6) is 0.104. The third-order valence-corrected chi connectivity index (χ3v) is 5.89. The minimum atomic E-state index is -0.238. The van der Waals surface area contributed by atoms with Crippen LogP contribution in [0, 0.1) is 13.8 Å². The number of rotatable bonds is 3. The van der Waals surface area contributed by atoms with Gasteiger partial charge in [0.2, 0.25) is 0 Å². The quantitative estimate of drug-likeness (QED) is 0.883. The van der Waals surface area contributed by atoms with Gasteiger partial charge in [0.15, 0.2) is 5.82 Å². The van der Waals surface area contributed by atoms with Gasteiger partial charge in [0.25, 0.3) is 11.8 Å². The first kappa shape index (κ1) is 18.7. The molecular formula is C22H28N4O2. The number of hydrogen-bond donors (Lipinski definition) is 1. The Morgan fingerprint density at radius 1 is 0.964 bits per heavy atom. The molecule has 2 aliphatic heterocycles. The Bertz CT molecular complexity index is 889. The van der Waals surface area contributed by atoms with Crippen LogP contribution in [-0.2, 0) is 13.0 Å². The molecule has 0 unspecified atom stereocenters. The molecule has 148 valence electrons. The van der Waals surface area contributed by atoms with Crippen molar-refractivity contribution in [3.05, 3.63) is 46.5 Å². The number of carbonyl (C=O) groups excluding carboxylic acids is 2. The number of aryl methyl sites for hydroxylation is 2. The van der Waals surface area contributed by atoms with Gasteiger partial charge in [-0.05, 0) is 63.5 Å². The number of hydrogen-bond acceptors (Lipinski definition) is 3. The fraction of sp³-hybridized carbons (Fsp3) is 0.500. The Kier molecular flexibility index (Phi) is 5.20. The molecule has 1 aromatic carbocycles. The maximum Gasteiger partial charge on any atom is 0.291 e.